The molecule has 0 aliphatic carbocycles. The fourth-order valence-corrected chi connectivity index (χ4v) is 3.03. The van der Waals surface area contributed by atoms with Crippen LogP contribution in [0.4, 0.5) is 0 Å². The molecule has 2 aromatic carbocycles. The summed E-state index contributed by atoms with van der Waals surface area (Å²) in [5.41, 5.74) is 2.42. The quantitative estimate of drug-likeness (QED) is 0.678. The predicted molar refractivity (Wildman–Crippen MR) is 84.1 cm³/mol. The molecule has 0 fully saturated rings. The van der Waals surface area contributed by atoms with Crippen LogP contribution in [0.3, 0.4) is 0 Å². The van der Waals surface area contributed by atoms with E-state index in [1.54, 1.807) is 11.8 Å². The van der Waals surface area contributed by atoms with E-state index in [9.17, 15) is 0 Å². The summed E-state index contributed by atoms with van der Waals surface area (Å²) in [6.07, 6.45) is 2.72. The van der Waals surface area contributed by atoms with Gasteiger partial charge >= 0.3 is 0 Å². The molecule has 3 rings (SSSR count). The molecule has 0 unspecified atom stereocenters. The molecule has 0 saturated carbocycles. The molecule has 1 heterocycles. The molecule has 0 N–H and O–H groups in total. The maximum Gasteiger partial charge on any atom is 0.0447 e. The summed E-state index contributed by atoms with van der Waals surface area (Å²) in [6, 6.07) is 25.1. The lowest BCUT2D eigenvalue weighted by Gasteiger charge is -2.08. The van der Waals surface area contributed by atoms with Gasteiger partial charge in [-0.05, 0) is 35.9 Å². The van der Waals surface area contributed by atoms with Gasteiger partial charge in [0.2, 0.25) is 0 Å². The van der Waals surface area contributed by atoms with Crippen LogP contribution in [0.15, 0.2) is 88.8 Å². The molecule has 0 bridgehead atoms. The lowest BCUT2D eigenvalue weighted by atomic mass is 10.1. The number of rotatable bonds is 4. The van der Waals surface area contributed by atoms with Crippen LogP contribution in [0.5, 0.6) is 0 Å². The van der Waals surface area contributed by atoms with E-state index in [1.807, 2.05) is 24.4 Å². The van der Waals surface area contributed by atoms with Crippen LogP contribution in [0.2, 0.25) is 0 Å². The van der Waals surface area contributed by atoms with Crippen LogP contribution in [-0.2, 0) is 6.42 Å². The molecule has 0 aliphatic rings. The van der Waals surface area contributed by atoms with Crippen LogP contribution in [0, 0.1) is 0 Å². The van der Waals surface area contributed by atoms with Crippen molar-refractivity contribution in [3.63, 3.8) is 0 Å². The fourth-order valence-electron chi connectivity index (χ4n) is 2.06. The summed E-state index contributed by atoms with van der Waals surface area (Å²) < 4.78 is 0. The number of pyridine rings is 1. The Labute approximate surface area is 123 Å². The average Bonchev–Trinajstić information content (AvgIpc) is 2.51. The van der Waals surface area contributed by atoms with Gasteiger partial charge in [0.05, 0.1) is 0 Å². The molecular formula is C18H15NS. The zero-order chi connectivity index (χ0) is 13.6. The van der Waals surface area contributed by atoms with Crippen LogP contribution in [-0.4, -0.2) is 4.98 Å². The van der Waals surface area contributed by atoms with Crippen LogP contribution < -0.4 is 0 Å². The minimum Gasteiger partial charge on any atom is -0.261 e. The summed E-state index contributed by atoms with van der Waals surface area (Å²) in [5.74, 6) is 0. The number of nitrogens with zero attached hydrogens (tertiary/aromatic N) is 1. The van der Waals surface area contributed by atoms with E-state index >= 15 is 0 Å². The Hall–Kier alpha value is -2.06. The molecular weight excluding hydrogens is 262 g/mol. The van der Waals surface area contributed by atoms with Gasteiger partial charge in [-0.2, -0.15) is 0 Å². The molecule has 98 valence electrons. The summed E-state index contributed by atoms with van der Waals surface area (Å²) in [7, 11) is 0. The van der Waals surface area contributed by atoms with Crippen molar-refractivity contribution in [3.05, 3.63) is 90.3 Å². The van der Waals surface area contributed by atoms with Crippen molar-refractivity contribution in [2.45, 2.75) is 16.2 Å². The Kier molecular flexibility index (Phi) is 4.14. The molecule has 1 nitrogen and oxygen atoms in total. The second-order valence-electron chi connectivity index (χ2n) is 4.52. The van der Waals surface area contributed by atoms with E-state index in [2.05, 4.69) is 59.6 Å². The SMILES string of the molecule is c1ccc(Sc2ccccc2Cc2ccccn2)cc1. The first-order valence-corrected chi connectivity index (χ1v) is 7.44. The molecule has 20 heavy (non-hydrogen) atoms. The van der Waals surface area contributed by atoms with Gasteiger partial charge in [-0.1, -0.05) is 54.2 Å². The standard InChI is InChI=1S/C18H15NS/c1-2-10-17(11-3-1)20-18-12-5-4-8-15(18)14-16-9-6-7-13-19-16/h1-13H,14H2. The zero-order valence-electron chi connectivity index (χ0n) is 11.1. The summed E-state index contributed by atoms with van der Waals surface area (Å²) >= 11 is 1.81. The van der Waals surface area contributed by atoms with Crippen LogP contribution in [0.1, 0.15) is 11.3 Å². The van der Waals surface area contributed by atoms with Crippen molar-refractivity contribution in [3.8, 4) is 0 Å². The van der Waals surface area contributed by atoms with Gasteiger partial charge in [0, 0.05) is 28.1 Å². The highest BCUT2D eigenvalue weighted by molar-refractivity contribution is 7.99. The second-order valence-corrected chi connectivity index (χ2v) is 5.64. The Bertz CT molecular complexity index is 605. The van der Waals surface area contributed by atoms with Crippen molar-refractivity contribution < 1.29 is 0 Å². The van der Waals surface area contributed by atoms with Crippen LogP contribution in [0.25, 0.3) is 0 Å². The third-order valence-electron chi connectivity index (χ3n) is 3.04. The number of hydrogen-bond acceptors (Lipinski definition) is 2. The Balaban J connectivity index is 1.85. The van der Waals surface area contributed by atoms with Crippen LogP contribution >= 0.6 is 11.8 Å². The minimum atomic E-state index is 0.872. The summed E-state index contributed by atoms with van der Waals surface area (Å²) in [5, 5.41) is 0. The molecule has 0 aliphatic heterocycles. The molecule has 0 amide bonds. The van der Waals surface area contributed by atoms with E-state index in [-0.39, 0.29) is 0 Å². The predicted octanol–water partition coefficient (Wildman–Crippen LogP) is 4.82. The van der Waals surface area contributed by atoms with Crippen molar-refractivity contribution in [2.24, 2.45) is 0 Å². The largest absolute Gasteiger partial charge is 0.261 e. The smallest absolute Gasteiger partial charge is 0.0447 e. The van der Waals surface area contributed by atoms with E-state index in [4.69, 9.17) is 0 Å². The Morgan fingerprint density at radius 1 is 0.750 bits per heavy atom. The zero-order valence-corrected chi connectivity index (χ0v) is 11.9. The van der Waals surface area contributed by atoms with Crippen molar-refractivity contribution in [1.29, 1.82) is 0 Å². The lowest BCUT2D eigenvalue weighted by molar-refractivity contribution is 1.04. The van der Waals surface area contributed by atoms with Gasteiger partial charge in [-0.15, -0.1) is 0 Å². The number of benzene rings is 2. The van der Waals surface area contributed by atoms with Gasteiger partial charge in [0.25, 0.3) is 0 Å². The number of hydrogen-bond donors (Lipinski definition) is 0. The summed E-state index contributed by atoms with van der Waals surface area (Å²) in [6.45, 7) is 0. The monoisotopic (exact) mass is 277 g/mol. The normalized spacial score (nSPS) is 10.4. The van der Waals surface area contributed by atoms with Gasteiger partial charge < -0.3 is 0 Å². The molecule has 0 spiro atoms. The first-order valence-electron chi connectivity index (χ1n) is 6.62. The molecule has 2 heteroatoms. The van der Waals surface area contributed by atoms with Gasteiger partial charge in [-0.3, -0.25) is 4.98 Å². The van der Waals surface area contributed by atoms with E-state index < -0.39 is 0 Å². The number of aromatic nitrogens is 1. The lowest BCUT2D eigenvalue weighted by Crippen LogP contribution is -1.93. The average molecular weight is 277 g/mol. The first kappa shape index (κ1) is 12.9. The van der Waals surface area contributed by atoms with E-state index in [1.165, 1.54) is 15.4 Å². The minimum absolute atomic E-state index is 0.872. The molecule has 0 saturated heterocycles. The highest BCUT2D eigenvalue weighted by atomic mass is 32.2. The molecule has 3 aromatic rings. The Morgan fingerprint density at radius 3 is 2.30 bits per heavy atom. The van der Waals surface area contributed by atoms with Gasteiger partial charge in [-0.25, -0.2) is 0 Å². The summed E-state index contributed by atoms with van der Waals surface area (Å²) in [4.78, 5) is 6.97. The van der Waals surface area contributed by atoms with Crippen molar-refractivity contribution >= 4 is 11.8 Å². The third-order valence-corrected chi connectivity index (χ3v) is 4.17. The topological polar surface area (TPSA) is 12.9 Å². The fraction of sp³-hybridized carbons (Fsp3) is 0.0556. The van der Waals surface area contributed by atoms with Crippen molar-refractivity contribution in [1.82, 2.24) is 4.98 Å². The van der Waals surface area contributed by atoms with Gasteiger partial charge in [0.15, 0.2) is 0 Å². The maximum absolute atomic E-state index is 4.41. The molecule has 0 atom stereocenters. The van der Waals surface area contributed by atoms with Gasteiger partial charge in [0.1, 0.15) is 0 Å². The Morgan fingerprint density at radius 2 is 1.50 bits per heavy atom. The maximum atomic E-state index is 4.41. The third kappa shape index (κ3) is 3.28. The van der Waals surface area contributed by atoms with E-state index in [0.717, 1.165) is 12.1 Å². The van der Waals surface area contributed by atoms with E-state index in [0.29, 0.717) is 0 Å². The highest BCUT2D eigenvalue weighted by Crippen LogP contribution is 2.31. The highest BCUT2D eigenvalue weighted by Gasteiger charge is 2.05. The molecule has 1 aromatic heterocycles. The van der Waals surface area contributed by atoms with Crippen molar-refractivity contribution in [2.75, 3.05) is 0 Å². The first-order chi connectivity index (χ1) is 9.92. The molecule has 0 radical (unpaired) electrons. The second kappa shape index (κ2) is 6.40.